The molecular weight excluding hydrogens is 324 g/mol. The summed E-state index contributed by atoms with van der Waals surface area (Å²) in [6, 6.07) is 0. The van der Waals surface area contributed by atoms with E-state index in [0.717, 1.165) is 0 Å². The maximum atomic E-state index is 12.5. The molecule has 0 bridgehead atoms. The summed E-state index contributed by atoms with van der Waals surface area (Å²) in [6.07, 6.45) is 3.14. The van der Waals surface area contributed by atoms with Crippen LogP contribution in [0.3, 0.4) is 0 Å². The molecule has 0 unspecified atom stereocenters. The number of sulfonamides is 1. The molecule has 10 heteroatoms. The molecule has 1 spiro atoms. The highest BCUT2D eigenvalue weighted by Crippen LogP contribution is 2.43. The van der Waals surface area contributed by atoms with Crippen LogP contribution in [-0.2, 0) is 19.6 Å². The first kappa shape index (κ1) is 15.9. The fraction of sp³-hybridized carbons (Fsp3) is 0.615. The minimum atomic E-state index is -3.64. The molecule has 0 radical (unpaired) electrons. The van der Waals surface area contributed by atoms with Gasteiger partial charge in [0, 0.05) is 32.8 Å². The molecule has 1 atom stereocenters. The molecule has 2 aliphatic heterocycles. The Morgan fingerprint density at radius 1 is 1.43 bits per heavy atom. The van der Waals surface area contributed by atoms with E-state index < -0.39 is 27.4 Å². The van der Waals surface area contributed by atoms with Gasteiger partial charge in [-0.3, -0.25) is 14.7 Å². The predicted octanol–water partition coefficient (Wildman–Crippen LogP) is -0.504. The number of aliphatic carboxylic acids is 1. The Balaban J connectivity index is 1.83. The molecule has 2 fully saturated rings. The van der Waals surface area contributed by atoms with Crippen molar-refractivity contribution in [2.45, 2.75) is 29.7 Å². The fourth-order valence-electron chi connectivity index (χ4n) is 3.63. The van der Waals surface area contributed by atoms with E-state index in [1.54, 1.807) is 7.05 Å². The van der Waals surface area contributed by atoms with Crippen LogP contribution >= 0.6 is 0 Å². The Bertz CT molecular complexity index is 722. The van der Waals surface area contributed by atoms with Crippen LogP contribution in [0.15, 0.2) is 17.3 Å². The van der Waals surface area contributed by atoms with Crippen molar-refractivity contribution in [2.75, 3.05) is 20.1 Å². The maximum absolute atomic E-state index is 12.5. The summed E-state index contributed by atoms with van der Waals surface area (Å²) >= 11 is 0. The van der Waals surface area contributed by atoms with Crippen LogP contribution in [-0.4, -0.2) is 70.5 Å². The van der Waals surface area contributed by atoms with E-state index in [1.165, 1.54) is 21.6 Å². The van der Waals surface area contributed by atoms with Gasteiger partial charge in [0.2, 0.25) is 15.9 Å². The predicted molar refractivity (Wildman–Crippen MR) is 77.8 cm³/mol. The van der Waals surface area contributed by atoms with Crippen molar-refractivity contribution < 1.29 is 23.1 Å². The third kappa shape index (κ3) is 2.32. The molecule has 1 aromatic rings. The van der Waals surface area contributed by atoms with Gasteiger partial charge in [0.15, 0.2) is 0 Å². The SMILES string of the molecule is CN1C(=O)C[C@H](C(=O)O)C12CCN(S(=O)(=O)c1cn[nH]c1)CC2. The average Bonchev–Trinajstić information content (AvgIpc) is 3.12. The lowest BCUT2D eigenvalue weighted by Gasteiger charge is -2.44. The third-order valence-electron chi connectivity index (χ3n) is 5.07. The van der Waals surface area contributed by atoms with E-state index >= 15 is 0 Å². The first-order valence-electron chi connectivity index (χ1n) is 7.27. The van der Waals surface area contributed by atoms with Crippen LogP contribution in [0, 0.1) is 5.92 Å². The summed E-state index contributed by atoms with van der Waals surface area (Å²) in [5.41, 5.74) is -0.800. The van der Waals surface area contributed by atoms with Crippen molar-refractivity contribution in [1.29, 1.82) is 0 Å². The summed E-state index contributed by atoms with van der Waals surface area (Å²) in [4.78, 5) is 25.0. The van der Waals surface area contributed by atoms with Gasteiger partial charge in [0.1, 0.15) is 4.90 Å². The second-order valence-electron chi connectivity index (χ2n) is 5.99. The molecule has 0 aliphatic carbocycles. The summed E-state index contributed by atoms with van der Waals surface area (Å²) in [7, 11) is -2.04. The van der Waals surface area contributed by atoms with E-state index in [4.69, 9.17) is 0 Å². The molecule has 3 rings (SSSR count). The Labute approximate surface area is 133 Å². The van der Waals surface area contributed by atoms with Crippen molar-refractivity contribution >= 4 is 21.9 Å². The molecule has 23 heavy (non-hydrogen) atoms. The van der Waals surface area contributed by atoms with Crippen LogP contribution in [0.5, 0.6) is 0 Å². The number of carbonyl (C=O) groups is 2. The molecule has 3 heterocycles. The average molecular weight is 342 g/mol. The van der Waals surface area contributed by atoms with Gasteiger partial charge in [0.05, 0.1) is 17.7 Å². The highest BCUT2D eigenvalue weighted by molar-refractivity contribution is 7.89. The van der Waals surface area contributed by atoms with E-state index in [-0.39, 0.29) is 30.3 Å². The van der Waals surface area contributed by atoms with Crippen LogP contribution in [0.2, 0.25) is 0 Å². The second kappa shape index (κ2) is 5.31. The number of amides is 1. The van der Waals surface area contributed by atoms with Crippen molar-refractivity contribution in [3.05, 3.63) is 12.4 Å². The first-order chi connectivity index (χ1) is 10.8. The van der Waals surface area contributed by atoms with E-state index in [2.05, 4.69) is 10.2 Å². The van der Waals surface area contributed by atoms with E-state index in [0.29, 0.717) is 12.8 Å². The molecule has 0 aromatic carbocycles. The van der Waals surface area contributed by atoms with Gasteiger partial charge in [-0.05, 0) is 12.8 Å². The first-order valence-corrected chi connectivity index (χ1v) is 8.71. The highest BCUT2D eigenvalue weighted by Gasteiger charge is 2.56. The van der Waals surface area contributed by atoms with Crippen molar-refractivity contribution in [3.63, 3.8) is 0 Å². The molecule has 2 saturated heterocycles. The zero-order chi connectivity index (χ0) is 16.8. The van der Waals surface area contributed by atoms with Gasteiger partial charge in [-0.2, -0.15) is 9.40 Å². The topological polar surface area (TPSA) is 124 Å². The van der Waals surface area contributed by atoms with E-state index in [9.17, 15) is 23.1 Å². The van der Waals surface area contributed by atoms with Gasteiger partial charge in [-0.15, -0.1) is 0 Å². The van der Waals surface area contributed by atoms with Gasteiger partial charge < -0.3 is 10.0 Å². The second-order valence-corrected chi connectivity index (χ2v) is 7.93. The van der Waals surface area contributed by atoms with E-state index in [1.807, 2.05) is 0 Å². The number of hydrogen-bond acceptors (Lipinski definition) is 5. The highest BCUT2D eigenvalue weighted by atomic mass is 32.2. The Hall–Kier alpha value is -1.94. The van der Waals surface area contributed by atoms with Gasteiger partial charge in [-0.1, -0.05) is 0 Å². The molecule has 1 aromatic heterocycles. The molecule has 2 N–H and O–H groups in total. The number of rotatable bonds is 3. The summed E-state index contributed by atoms with van der Waals surface area (Å²) in [5, 5.41) is 15.5. The summed E-state index contributed by atoms with van der Waals surface area (Å²) in [5.74, 6) is -2.00. The number of carboxylic acids is 1. The largest absolute Gasteiger partial charge is 0.481 e. The maximum Gasteiger partial charge on any atom is 0.309 e. The van der Waals surface area contributed by atoms with Crippen molar-refractivity contribution in [3.8, 4) is 0 Å². The zero-order valence-electron chi connectivity index (χ0n) is 12.6. The normalized spacial score (nSPS) is 25.2. The Morgan fingerprint density at radius 3 is 2.61 bits per heavy atom. The van der Waals surface area contributed by atoms with Gasteiger partial charge in [0.25, 0.3) is 0 Å². The Kier molecular flexibility index (Phi) is 3.68. The van der Waals surface area contributed by atoms with Crippen LogP contribution in [0.25, 0.3) is 0 Å². The molecule has 126 valence electrons. The lowest BCUT2D eigenvalue weighted by Crippen LogP contribution is -2.56. The van der Waals surface area contributed by atoms with Crippen molar-refractivity contribution in [1.82, 2.24) is 19.4 Å². The van der Waals surface area contributed by atoms with Crippen LogP contribution in [0.4, 0.5) is 0 Å². The number of H-pyrrole nitrogens is 1. The number of aromatic amines is 1. The molecule has 1 amide bonds. The number of likely N-dealkylation sites (tertiary alicyclic amines) is 1. The third-order valence-corrected chi connectivity index (χ3v) is 6.93. The number of carboxylic acid groups (broad SMARTS) is 1. The summed E-state index contributed by atoms with van der Waals surface area (Å²) < 4.78 is 26.3. The van der Waals surface area contributed by atoms with Crippen LogP contribution < -0.4 is 0 Å². The quantitative estimate of drug-likeness (QED) is 0.763. The number of piperidine rings is 1. The zero-order valence-corrected chi connectivity index (χ0v) is 13.4. The Morgan fingerprint density at radius 2 is 2.09 bits per heavy atom. The number of hydrogen-bond donors (Lipinski definition) is 2. The molecule has 2 aliphatic rings. The number of nitrogens with one attached hydrogen (secondary N) is 1. The molecule has 0 saturated carbocycles. The number of nitrogens with zero attached hydrogens (tertiary/aromatic N) is 3. The van der Waals surface area contributed by atoms with Gasteiger partial charge >= 0.3 is 5.97 Å². The standard InChI is InChI=1S/C13H18N4O5S/c1-16-11(18)6-10(12(19)20)13(16)2-4-17(5-3-13)23(21,22)9-7-14-15-8-9/h7-8,10H,2-6H2,1H3,(H,14,15)(H,19,20)/t10-/m1/s1. The summed E-state index contributed by atoms with van der Waals surface area (Å²) in [6.45, 7) is 0.351. The number of carbonyl (C=O) groups excluding carboxylic acids is 1. The lowest BCUT2D eigenvalue weighted by atomic mass is 9.77. The van der Waals surface area contributed by atoms with Crippen LogP contribution in [0.1, 0.15) is 19.3 Å². The smallest absolute Gasteiger partial charge is 0.309 e. The van der Waals surface area contributed by atoms with Crippen molar-refractivity contribution in [2.24, 2.45) is 5.92 Å². The monoisotopic (exact) mass is 342 g/mol. The minimum absolute atomic E-state index is 0.0275. The fourth-order valence-corrected chi connectivity index (χ4v) is 4.98. The lowest BCUT2D eigenvalue weighted by molar-refractivity contribution is -0.145. The molecular formula is C13H18N4O5S. The minimum Gasteiger partial charge on any atom is -0.481 e. The molecule has 9 nitrogen and oxygen atoms in total. The van der Waals surface area contributed by atoms with Gasteiger partial charge in [-0.25, -0.2) is 8.42 Å². The number of aromatic nitrogens is 2.